The third kappa shape index (κ3) is 2.99. The summed E-state index contributed by atoms with van der Waals surface area (Å²) in [7, 11) is 0. The summed E-state index contributed by atoms with van der Waals surface area (Å²) >= 11 is 0. The molecule has 0 radical (unpaired) electrons. The summed E-state index contributed by atoms with van der Waals surface area (Å²) in [6, 6.07) is 5.25. The van der Waals surface area contributed by atoms with Crippen LogP contribution in [0, 0.1) is 5.41 Å². The molecule has 1 atom stereocenters. The fourth-order valence-electron chi connectivity index (χ4n) is 5.82. The molecule has 1 aliphatic carbocycles. The minimum Gasteiger partial charge on any atom is -0.322 e. The van der Waals surface area contributed by atoms with Gasteiger partial charge >= 0.3 is 0 Å². The van der Waals surface area contributed by atoms with Crippen molar-refractivity contribution in [2.75, 3.05) is 13.1 Å². The molecule has 4 heterocycles. The van der Waals surface area contributed by atoms with Gasteiger partial charge in [0.25, 0.3) is 5.91 Å². The number of piperidine rings is 1. The Labute approximate surface area is 170 Å². The fourth-order valence-corrected chi connectivity index (χ4v) is 5.82. The monoisotopic (exact) mass is 396 g/mol. The topological polar surface area (TPSA) is 90.5 Å². The molecule has 0 aromatic heterocycles. The Balaban J connectivity index is 1.25. The van der Waals surface area contributed by atoms with E-state index < -0.39 is 6.04 Å². The zero-order valence-corrected chi connectivity index (χ0v) is 16.8. The highest BCUT2D eigenvalue weighted by Crippen LogP contribution is 2.55. The number of benzene rings is 1. The van der Waals surface area contributed by atoms with Crippen LogP contribution in [0.5, 0.6) is 0 Å². The van der Waals surface area contributed by atoms with E-state index in [1.165, 1.54) is 19.3 Å². The van der Waals surface area contributed by atoms with Gasteiger partial charge in [-0.15, -0.1) is 0 Å². The van der Waals surface area contributed by atoms with Crippen LogP contribution < -0.4 is 16.0 Å². The van der Waals surface area contributed by atoms with Gasteiger partial charge in [-0.2, -0.15) is 0 Å². The summed E-state index contributed by atoms with van der Waals surface area (Å²) in [5.74, 6) is -0.736. The first-order chi connectivity index (χ1) is 13.9. The van der Waals surface area contributed by atoms with Crippen molar-refractivity contribution in [3.63, 3.8) is 0 Å². The van der Waals surface area contributed by atoms with E-state index in [0.29, 0.717) is 30.5 Å². The maximum Gasteiger partial charge on any atom is 0.255 e. The summed E-state index contributed by atoms with van der Waals surface area (Å²) in [4.78, 5) is 38.2. The molecular weight excluding hydrogens is 368 g/mol. The van der Waals surface area contributed by atoms with Crippen molar-refractivity contribution in [2.24, 2.45) is 5.41 Å². The van der Waals surface area contributed by atoms with Gasteiger partial charge in [-0.3, -0.25) is 19.7 Å². The molecule has 1 unspecified atom stereocenters. The normalized spacial score (nSPS) is 32.9. The quantitative estimate of drug-likeness (QED) is 0.626. The number of carbonyl (C=O) groups is 3. The molecular formula is C22H28N4O3. The fraction of sp³-hybridized carbons (Fsp3) is 0.591. The number of fused-ring (bicyclic) bond motifs is 2. The Morgan fingerprint density at radius 3 is 2.79 bits per heavy atom. The zero-order valence-electron chi connectivity index (χ0n) is 16.8. The number of rotatable bonds is 6. The second-order valence-corrected chi connectivity index (χ2v) is 9.29. The summed E-state index contributed by atoms with van der Waals surface area (Å²) < 4.78 is 0. The molecule has 1 aromatic rings. The second kappa shape index (κ2) is 6.64. The van der Waals surface area contributed by atoms with Crippen LogP contribution in [0.2, 0.25) is 0 Å². The first-order valence-corrected chi connectivity index (χ1v) is 10.7. The number of hydrogen-bond donors (Lipinski definition) is 3. The number of carbonyl (C=O) groups excluding carboxylic acids is 3. The van der Waals surface area contributed by atoms with Crippen LogP contribution in [0.1, 0.15) is 60.5 Å². The van der Waals surface area contributed by atoms with Crippen LogP contribution in [0.3, 0.4) is 0 Å². The summed E-state index contributed by atoms with van der Waals surface area (Å²) in [5.41, 5.74) is 3.55. The standard InChI is InChI=1S/C22H28N4O3/c1-2-21-10-22(11-21,24-12-21)13-23-8-14-4-3-5-15-16(14)9-26(20(15)29)17-6-7-18(27)25-19(17)28/h3-5,17,23-24H,2,6-13H2,1H3,(H,25,27,28). The van der Waals surface area contributed by atoms with E-state index in [4.69, 9.17) is 0 Å². The molecule has 6 rings (SSSR count). The second-order valence-electron chi connectivity index (χ2n) is 9.29. The first-order valence-electron chi connectivity index (χ1n) is 10.7. The van der Waals surface area contributed by atoms with Crippen molar-refractivity contribution in [3.8, 4) is 0 Å². The minimum absolute atomic E-state index is 0.112. The molecule has 3 N–H and O–H groups in total. The first kappa shape index (κ1) is 18.8. The maximum atomic E-state index is 12.9. The van der Waals surface area contributed by atoms with Crippen molar-refractivity contribution in [2.45, 2.75) is 63.7 Å². The molecule has 7 nitrogen and oxygen atoms in total. The molecule has 2 bridgehead atoms. The number of hydrogen-bond acceptors (Lipinski definition) is 5. The lowest BCUT2D eigenvalue weighted by Crippen LogP contribution is -2.54. The third-order valence-corrected chi connectivity index (χ3v) is 7.47. The van der Waals surface area contributed by atoms with Gasteiger partial charge in [0, 0.05) is 43.7 Å². The summed E-state index contributed by atoms with van der Waals surface area (Å²) in [5, 5.41) is 9.67. The number of imide groups is 1. The van der Waals surface area contributed by atoms with Crippen LogP contribution >= 0.6 is 0 Å². The van der Waals surface area contributed by atoms with Gasteiger partial charge in [0.15, 0.2) is 0 Å². The molecule has 3 saturated heterocycles. The number of nitrogens with one attached hydrogen (secondary N) is 3. The molecule has 0 spiro atoms. The lowest BCUT2D eigenvalue weighted by Gasteiger charge is -2.46. The Morgan fingerprint density at radius 1 is 1.24 bits per heavy atom. The van der Waals surface area contributed by atoms with Crippen molar-refractivity contribution in [3.05, 3.63) is 34.9 Å². The van der Waals surface area contributed by atoms with Gasteiger partial charge in [0.05, 0.1) is 0 Å². The van der Waals surface area contributed by atoms with E-state index in [9.17, 15) is 14.4 Å². The Kier molecular flexibility index (Phi) is 4.29. The molecule has 29 heavy (non-hydrogen) atoms. The third-order valence-electron chi connectivity index (χ3n) is 7.47. The SMILES string of the molecule is CCC12CNC(CNCc3cccc4c3CN(C3CCC(=O)NC3=O)C4=O)(C1)C2. The van der Waals surface area contributed by atoms with Crippen molar-refractivity contribution >= 4 is 17.7 Å². The molecule has 1 aromatic carbocycles. The lowest BCUT2D eigenvalue weighted by atomic mass is 9.61. The highest BCUT2D eigenvalue weighted by Gasteiger charge is 2.58. The van der Waals surface area contributed by atoms with E-state index in [1.807, 2.05) is 12.1 Å². The van der Waals surface area contributed by atoms with Gasteiger partial charge in [-0.05, 0) is 48.3 Å². The average molecular weight is 396 g/mol. The number of nitrogens with zero attached hydrogens (tertiary/aromatic N) is 1. The molecule has 3 amide bonds. The Hall–Kier alpha value is -2.25. The average Bonchev–Trinajstić information content (AvgIpc) is 3.33. The van der Waals surface area contributed by atoms with Crippen LogP contribution in [0.4, 0.5) is 0 Å². The van der Waals surface area contributed by atoms with Crippen LogP contribution in [-0.2, 0) is 22.7 Å². The Morgan fingerprint density at radius 2 is 2.07 bits per heavy atom. The minimum atomic E-state index is -0.563. The Bertz CT molecular complexity index is 890. The zero-order chi connectivity index (χ0) is 20.2. The van der Waals surface area contributed by atoms with E-state index in [-0.39, 0.29) is 29.7 Å². The molecule has 4 aliphatic heterocycles. The van der Waals surface area contributed by atoms with Gasteiger partial charge < -0.3 is 15.5 Å². The van der Waals surface area contributed by atoms with Gasteiger partial charge in [0.1, 0.15) is 6.04 Å². The molecule has 1 saturated carbocycles. The predicted octanol–water partition coefficient (Wildman–Crippen LogP) is 1.07. The number of amides is 3. The van der Waals surface area contributed by atoms with E-state index in [0.717, 1.165) is 24.2 Å². The van der Waals surface area contributed by atoms with Crippen LogP contribution in [0.15, 0.2) is 18.2 Å². The summed E-state index contributed by atoms with van der Waals surface area (Å²) in [6.07, 6.45) is 4.41. The van der Waals surface area contributed by atoms with Gasteiger partial charge in [0.2, 0.25) is 11.8 Å². The lowest BCUT2D eigenvalue weighted by molar-refractivity contribution is -0.136. The highest BCUT2D eigenvalue weighted by molar-refractivity contribution is 6.05. The predicted molar refractivity (Wildman–Crippen MR) is 107 cm³/mol. The highest BCUT2D eigenvalue weighted by atomic mass is 16.2. The molecule has 5 aliphatic rings. The van der Waals surface area contributed by atoms with Gasteiger partial charge in [-0.1, -0.05) is 19.1 Å². The van der Waals surface area contributed by atoms with Crippen molar-refractivity contribution in [1.82, 2.24) is 20.9 Å². The van der Waals surface area contributed by atoms with E-state index >= 15 is 0 Å². The molecule has 7 heteroatoms. The maximum absolute atomic E-state index is 12.9. The smallest absolute Gasteiger partial charge is 0.255 e. The van der Waals surface area contributed by atoms with Crippen LogP contribution in [-0.4, -0.2) is 47.3 Å². The van der Waals surface area contributed by atoms with Crippen molar-refractivity contribution in [1.29, 1.82) is 0 Å². The van der Waals surface area contributed by atoms with E-state index in [2.05, 4.69) is 28.9 Å². The van der Waals surface area contributed by atoms with E-state index in [1.54, 1.807) is 4.90 Å². The summed E-state index contributed by atoms with van der Waals surface area (Å²) in [6.45, 7) is 5.48. The largest absolute Gasteiger partial charge is 0.322 e. The molecule has 154 valence electrons. The van der Waals surface area contributed by atoms with Gasteiger partial charge in [-0.25, -0.2) is 0 Å². The molecule has 4 fully saturated rings. The van der Waals surface area contributed by atoms with Crippen LogP contribution in [0.25, 0.3) is 0 Å². The van der Waals surface area contributed by atoms with Crippen molar-refractivity contribution < 1.29 is 14.4 Å².